The number of nitrogens with two attached hydrogens (primary N) is 2. The van der Waals surface area contributed by atoms with E-state index in [0.717, 1.165) is 0 Å². The molecule has 0 aromatic heterocycles. The van der Waals surface area contributed by atoms with Crippen molar-refractivity contribution in [1.82, 2.24) is 4.90 Å². The first kappa shape index (κ1) is 14.7. The third-order valence-corrected chi connectivity index (χ3v) is 4.20. The molecule has 6 nitrogen and oxygen atoms in total. The maximum Gasteiger partial charge on any atom is 0.223 e. The molecule has 2 rings (SSSR count). The number of nitrogens with zero attached hydrogens (tertiary/aromatic N) is 1. The summed E-state index contributed by atoms with van der Waals surface area (Å²) in [6.45, 7) is 0.279. The van der Waals surface area contributed by atoms with Gasteiger partial charge in [-0.25, -0.2) is 17.9 Å². The molecule has 1 aliphatic rings. The number of carbonyl (C=O) groups excluding carboxylic acids is 1. The van der Waals surface area contributed by atoms with Gasteiger partial charge >= 0.3 is 0 Å². The summed E-state index contributed by atoms with van der Waals surface area (Å²) in [6, 6.07) is 4.32. The SMILES string of the molecule is Nc1cccc(F)c1CN1CC(CS(N)(=O)=O)CC1=O. The van der Waals surface area contributed by atoms with Gasteiger partial charge in [-0.2, -0.15) is 0 Å². The van der Waals surface area contributed by atoms with Gasteiger partial charge in [-0.05, 0) is 12.1 Å². The van der Waals surface area contributed by atoms with Crippen LogP contribution in [-0.4, -0.2) is 31.5 Å². The minimum Gasteiger partial charge on any atom is -0.398 e. The Morgan fingerprint density at radius 1 is 1.40 bits per heavy atom. The number of hydrogen-bond acceptors (Lipinski definition) is 4. The van der Waals surface area contributed by atoms with E-state index in [1.54, 1.807) is 6.07 Å². The van der Waals surface area contributed by atoms with Crippen LogP contribution in [0.1, 0.15) is 12.0 Å². The first-order valence-electron chi connectivity index (χ1n) is 6.07. The van der Waals surface area contributed by atoms with Crippen molar-refractivity contribution in [2.24, 2.45) is 11.1 Å². The van der Waals surface area contributed by atoms with Crippen molar-refractivity contribution in [3.63, 3.8) is 0 Å². The Hall–Kier alpha value is -1.67. The predicted molar refractivity (Wildman–Crippen MR) is 72.3 cm³/mol. The van der Waals surface area contributed by atoms with Crippen LogP contribution in [0.2, 0.25) is 0 Å². The zero-order valence-corrected chi connectivity index (χ0v) is 11.6. The zero-order chi connectivity index (χ0) is 14.9. The summed E-state index contributed by atoms with van der Waals surface area (Å²) >= 11 is 0. The second kappa shape index (κ2) is 5.37. The lowest BCUT2D eigenvalue weighted by atomic mass is 10.1. The summed E-state index contributed by atoms with van der Waals surface area (Å²) in [4.78, 5) is 13.2. The summed E-state index contributed by atoms with van der Waals surface area (Å²) in [7, 11) is -3.62. The van der Waals surface area contributed by atoms with Crippen molar-refractivity contribution in [2.75, 3.05) is 18.0 Å². The summed E-state index contributed by atoms with van der Waals surface area (Å²) in [6.07, 6.45) is 0.102. The molecule has 110 valence electrons. The number of halogens is 1. The normalized spacial score (nSPS) is 19.6. The highest BCUT2D eigenvalue weighted by Crippen LogP contribution is 2.24. The molecule has 8 heteroatoms. The molecule has 1 aromatic rings. The first-order chi connectivity index (χ1) is 9.26. The number of hydrogen-bond donors (Lipinski definition) is 2. The summed E-state index contributed by atoms with van der Waals surface area (Å²) in [5.74, 6) is -1.30. The van der Waals surface area contributed by atoms with Gasteiger partial charge in [-0.15, -0.1) is 0 Å². The number of primary sulfonamides is 1. The highest BCUT2D eigenvalue weighted by Gasteiger charge is 2.32. The summed E-state index contributed by atoms with van der Waals surface area (Å²) < 4.78 is 35.7. The van der Waals surface area contributed by atoms with Crippen LogP contribution < -0.4 is 10.9 Å². The predicted octanol–water partition coefficient (Wildman–Crippen LogP) is 0.0449. The van der Waals surface area contributed by atoms with E-state index in [0.29, 0.717) is 0 Å². The molecule has 1 atom stereocenters. The fourth-order valence-electron chi connectivity index (χ4n) is 2.38. The maximum atomic E-state index is 13.7. The number of carbonyl (C=O) groups is 1. The molecular weight excluding hydrogens is 285 g/mol. The Morgan fingerprint density at radius 2 is 2.10 bits per heavy atom. The van der Waals surface area contributed by atoms with Crippen molar-refractivity contribution >= 4 is 21.6 Å². The van der Waals surface area contributed by atoms with E-state index in [9.17, 15) is 17.6 Å². The molecule has 1 fully saturated rings. The molecule has 0 aliphatic carbocycles. The van der Waals surface area contributed by atoms with Crippen LogP contribution in [0.3, 0.4) is 0 Å². The summed E-state index contributed by atoms with van der Waals surface area (Å²) in [5.41, 5.74) is 6.21. The molecule has 1 amide bonds. The summed E-state index contributed by atoms with van der Waals surface area (Å²) in [5, 5.41) is 4.97. The van der Waals surface area contributed by atoms with Gasteiger partial charge in [0.1, 0.15) is 5.82 Å². The van der Waals surface area contributed by atoms with Crippen LogP contribution in [-0.2, 0) is 21.4 Å². The Morgan fingerprint density at radius 3 is 2.70 bits per heavy atom. The van der Waals surface area contributed by atoms with Crippen LogP contribution in [0.4, 0.5) is 10.1 Å². The van der Waals surface area contributed by atoms with Crippen molar-refractivity contribution in [3.8, 4) is 0 Å². The molecule has 4 N–H and O–H groups in total. The van der Waals surface area contributed by atoms with Crippen molar-refractivity contribution in [2.45, 2.75) is 13.0 Å². The number of likely N-dealkylation sites (tertiary alicyclic amines) is 1. The molecule has 1 unspecified atom stereocenters. The van der Waals surface area contributed by atoms with Gasteiger partial charge in [0.05, 0.1) is 12.3 Å². The van der Waals surface area contributed by atoms with Crippen molar-refractivity contribution in [3.05, 3.63) is 29.6 Å². The Labute approximate surface area is 116 Å². The minimum absolute atomic E-state index is 0.0401. The Kier molecular flexibility index (Phi) is 3.96. The molecule has 20 heavy (non-hydrogen) atoms. The standard InChI is InChI=1S/C12H16FN3O3S/c13-10-2-1-3-11(14)9(10)6-16-5-8(4-12(16)17)7-20(15,18)19/h1-3,8H,4-7,14H2,(H2,15,18,19). The average Bonchev–Trinajstić information content (AvgIpc) is 2.62. The Bertz CT molecular complexity index is 613. The molecule has 1 aromatic carbocycles. The van der Waals surface area contributed by atoms with E-state index in [1.807, 2.05) is 0 Å². The lowest BCUT2D eigenvalue weighted by molar-refractivity contribution is -0.128. The van der Waals surface area contributed by atoms with Gasteiger partial charge < -0.3 is 10.6 Å². The number of anilines is 1. The number of sulfonamides is 1. The zero-order valence-electron chi connectivity index (χ0n) is 10.8. The third kappa shape index (κ3) is 3.45. The second-order valence-electron chi connectivity index (χ2n) is 4.98. The van der Waals surface area contributed by atoms with Gasteiger partial charge in [0.15, 0.2) is 0 Å². The average molecular weight is 301 g/mol. The smallest absolute Gasteiger partial charge is 0.223 e. The lowest BCUT2D eigenvalue weighted by Crippen LogP contribution is -2.28. The monoisotopic (exact) mass is 301 g/mol. The van der Waals surface area contributed by atoms with Crippen LogP contribution >= 0.6 is 0 Å². The first-order valence-corrected chi connectivity index (χ1v) is 7.79. The van der Waals surface area contributed by atoms with Crippen molar-refractivity contribution in [1.29, 1.82) is 0 Å². The van der Waals surface area contributed by atoms with Crippen LogP contribution in [0.5, 0.6) is 0 Å². The number of benzene rings is 1. The molecule has 1 heterocycles. The highest BCUT2D eigenvalue weighted by molar-refractivity contribution is 7.89. The lowest BCUT2D eigenvalue weighted by Gasteiger charge is -2.18. The van der Waals surface area contributed by atoms with Gasteiger partial charge in [0.25, 0.3) is 0 Å². The van der Waals surface area contributed by atoms with E-state index in [-0.39, 0.29) is 48.3 Å². The van der Waals surface area contributed by atoms with E-state index >= 15 is 0 Å². The highest BCUT2D eigenvalue weighted by atomic mass is 32.2. The van der Waals surface area contributed by atoms with Gasteiger partial charge in [0, 0.05) is 30.1 Å². The van der Waals surface area contributed by atoms with Gasteiger partial charge in [-0.1, -0.05) is 6.07 Å². The molecule has 1 saturated heterocycles. The third-order valence-electron chi connectivity index (χ3n) is 3.27. The molecule has 0 radical (unpaired) electrons. The van der Waals surface area contributed by atoms with E-state index < -0.39 is 15.8 Å². The fraction of sp³-hybridized carbons (Fsp3) is 0.417. The maximum absolute atomic E-state index is 13.7. The molecular formula is C12H16FN3O3S. The Balaban J connectivity index is 2.10. The quantitative estimate of drug-likeness (QED) is 0.766. The molecule has 0 saturated carbocycles. The number of nitrogen functional groups attached to an aromatic ring is 1. The van der Waals surface area contributed by atoms with E-state index in [1.165, 1.54) is 17.0 Å². The van der Waals surface area contributed by atoms with E-state index in [2.05, 4.69) is 0 Å². The van der Waals surface area contributed by atoms with Crippen LogP contribution in [0, 0.1) is 11.7 Å². The molecule has 0 spiro atoms. The number of rotatable bonds is 4. The second-order valence-corrected chi connectivity index (χ2v) is 6.64. The molecule has 1 aliphatic heterocycles. The largest absolute Gasteiger partial charge is 0.398 e. The van der Waals surface area contributed by atoms with Gasteiger partial charge in [-0.3, -0.25) is 4.79 Å². The minimum atomic E-state index is -3.62. The number of amides is 1. The van der Waals surface area contributed by atoms with Gasteiger partial charge in [0.2, 0.25) is 15.9 Å². The van der Waals surface area contributed by atoms with E-state index in [4.69, 9.17) is 10.9 Å². The fourth-order valence-corrected chi connectivity index (χ4v) is 3.26. The van der Waals surface area contributed by atoms with Crippen LogP contribution in [0.15, 0.2) is 18.2 Å². The topological polar surface area (TPSA) is 106 Å². The molecule has 0 bridgehead atoms. The van der Waals surface area contributed by atoms with Crippen LogP contribution in [0.25, 0.3) is 0 Å². The van der Waals surface area contributed by atoms with Crippen molar-refractivity contribution < 1.29 is 17.6 Å².